The fraction of sp³-hybridized carbons (Fsp3) is 0.524. The number of sulfonamides is 1. The minimum absolute atomic E-state index is 0.0248. The lowest BCUT2D eigenvalue weighted by Crippen LogP contribution is -2.62. The Morgan fingerprint density at radius 2 is 1.82 bits per heavy atom. The van der Waals surface area contributed by atoms with E-state index < -0.39 is 21.4 Å². The number of Topliss-reactive ketones (excluding diaryl/α,β-unsaturated/α-hetero) is 2. The van der Waals surface area contributed by atoms with E-state index in [0.29, 0.717) is 11.3 Å². The van der Waals surface area contributed by atoms with Gasteiger partial charge in [-0.25, -0.2) is 12.7 Å². The van der Waals surface area contributed by atoms with E-state index >= 15 is 0 Å². The first-order valence-electron chi connectivity index (χ1n) is 9.31. The van der Waals surface area contributed by atoms with Crippen LogP contribution in [0.3, 0.4) is 0 Å². The number of rotatable bonds is 4. The number of carbonyl (C=O) groups excluding carboxylic acids is 2. The highest BCUT2D eigenvalue weighted by atomic mass is 32.2. The summed E-state index contributed by atoms with van der Waals surface area (Å²) in [6, 6.07) is 3.61. The van der Waals surface area contributed by atoms with Crippen LogP contribution in [0.15, 0.2) is 12.1 Å². The first kappa shape index (κ1) is 20.6. The molecule has 1 saturated heterocycles. The van der Waals surface area contributed by atoms with Crippen LogP contribution in [0.2, 0.25) is 0 Å². The normalized spacial score (nSPS) is 19.9. The quantitative estimate of drug-likeness (QED) is 0.568. The first-order valence-corrected chi connectivity index (χ1v) is 10.9. The van der Waals surface area contributed by atoms with E-state index in [4.69, 9.17) is 4.74 Å². The van der Waals surface area contributed by atoms with Crippen molar-refractivity contribution >= 4 is 21.6 Å². The largest absolute Gasteiger partial charge is 0.496 e. The molecule has 2 aliphatic rings. The number of aryl methyl sites for hydroxylation is 1. The number of benzene rings is 1. The molecule has 1 aromatic carbocycles. The predicted molar refractivity (Wildman–Crippen MR) is 106 cm³/mol. The van der Waals surface area contributed by atoms with Crippen molar-refractivity contribution in [1.29, 1.82) is 0 Å². The second-order valence-corrected chi connectivity index (χ2v) is 9.93. The highest BCUT2D eigenvalue weighted by Crippen LogP contribution is 2.47. The molecule has 1 spiro atoms. The van der Waals surface area contributed by atoms with Gasteiger partial charge in [-0.3, -0.25) is 9.59 Å². The van der Waals surface area contributed by atoms with Crippen LogP contribution in [0.5, 0.6) is 5.75 Å². The molecule has 6 nitrogen and oxygen atoms in total. The Morgan fingerprint density at radius 3 is 2.32 bits per heavy atom. The van der Waals surface area contributed by atoms with Crippen LogP contribution in [-0.2, 0) is 19.6 Å². The van der Waals surface area contributed by atoms with Crippen molar-refractivity contribution in [1.82, 2.24) is 4.31 Å². The molecular weight excluding hydrogens is 378 g/mol. The smallest absolute Gasteiger partial charge is 0.213 e. The van der Waals surface area contributed by atoms with Crippen molar-refractivity contribution in [3.05, 3.63) is 28.8 Å². The molecule has 0 aromatic heterocycles. The van der Waals surface area contributed by atoms with Crippen LogP contribution in [0.1, 0.15) is 49.3 Å². The van der Waals surface area contributed by atoms with Crippen LogP contribution in [-0.4, -0.2) is 50.2 Å². The molecule has 28 heavy (non-hydrogen) atoms. The third-order valence-corrected chi connectivity index (χ3v) is 7.43. The Balaban J connectivity index is 1.88. The maximum atomic E-state index is 13.0. The van der Waals surface area contributed by atoms with Gasteiger partial charge < -0.3 is 4.74 Å². The SMILES string of the molecule is CC#Cc1cc(C)c(C2C(=O)CC3(CC2=O)CN(S(=O)(=O)CC)C3)c(OC)c1. The van der Waals surface area contributed by atoms with Gasteiger partial charge in [-0.2, -0.15) is 0 Å². The van der Waals surface area contributed by atoms with Crippen LogP contribution in [0.25, 0.3) is 0 Å². The van der Waals surface area contributed by atoms with E-state index in [9.17, 15) is 18.0 Å². The maximum absolute atomic E-state index is 13.0. The standard InChI is InChI=1S/C21H25NO5S/c1-5-7-15-8-14(3)19(18(9-15)27-4)20-16(23)10-21(11-17(20)24)12-22(13-21)28(25,26)6-2/h8-9,20H,6,10-13H2,1-4H3. The van der Waals surface area contributed by atoms with Crippen molar-refractivity contribution in [2.45, 2.75) is 39.5 Å². The zero-order valence-corrected chi connectivity index (χ0v) is 17.5. The molecule has 0 amide bonds. The topological polar surface area (TPSA) is 80.8 Å². The van der Waals surface area contributed by atoms with Gasteiger partial charge >= 0.3 is 0 Å². The van der Waals surface area contributed by atoms with E-state index in [-0.39, 0.29) is 43.3 Å². The summed E-state index contributed by atoms with van der Waals surface area (Å²) < 4.78 is 30.8. The molecule has 1 saturated carbocycles. The van der Waals surface area contributed by atoms with Gasteiger partial charge in [0.2, 0.25) is 10.0 Å². The minimum atomic E-state index is -3.29. The number of carbonyl (C=O) groups is 2. The fourth-order valence-electron chi connectivity index (χ4n) is 4.33. The monoisotopic (exact) mass is 403 g/mol. The van der Waals surface area contributed by atoms with Crippen molar-refractivity contribution in [3.63, 3.8) is 0 Å². The highest BCUT2D eigenvalue weighted by Gasteiger charge is 2.54. The molecule has 1 aromatic rings. The molecule has 1 aliphatic carbocycles. The third-order valence-electron chi connectivity index (χ3n) is 5.65. The summed E-state index contributed by atoms with van der Waals surface area (Å²) >= 11 is 0. The lowest BCUT2D eigenvalue weighted by molar-refractivity contribution is -0.140. The Hall–Kier alpha value is -2.17. The van der Waals surface area contributed by atoms with Crippen LogP contribution >= 0.6 is 0 Å². The second-order valence-electron chi connectivity index (χ2n) is 7.67. The maximum Gasteiger partial charge on any atom is 0.213 e. The van der Waals surface area contributed by atoms with Gasteiger partial charge in [0.15, 0.2) is 0 Å². The summed E-state index contributed by atoms with van der Waals surface area (Å²) in [7, 11) is -1.77. The van der Waals surface area contributed by atoms with Crippen molar-refractivity contribution < 1.29 is 22.7 Å². The summed E-state index contributed by atoms with van der Waals surface area (Å²) in [5.74, 6) is 5.12. The number of ketones is 2. The van der Waals surface area contributed by atoms with E-state index in [1.165, 1.54) is 11.4 Å². The second kappa shape index (κ2) is 7.34. The third kappa shape index (κ3) is 3.47. The van der Waals surface area contributed by atoms with Gasteiger partial charge in [-0.1, -0.05) is 5.92 Å². The molecule has 0 N–H and O–H groups in total. The molecule has 2 fully saturated rings. The van der Waals surface area contributed by atoms with Gasteiger partial charge in [0.1, 0.15) is 23.2 Å². The number of hydrogen-bond donors (Lipinski definition) is 0. The molecule has 1 heterocycles. The zero-order chi connectivity index (χ0) is 20.7. The van der Waals surface area contributed by atoms with Crippen LogP contribution in [0.4, 0.5) is 0 Å². The van der Waals surface area contributed by atoms with E-state index in [1.807, 2.05) is 13.0 Å². The molecular formula is C21H25NO5S. The summed E-state index contributed by atoms with van der Waals surface area (Å²) in [6.45, 7) is 5.67. The van der Waals surface area contributed by atoms with Crippen LogP contribution < -0.4 is 4.74 Å². The van der Waals surface area contributed by atoms with Crippen molar-refractivity contribution in [2.24, 2.45) is 5.41 Å². The Labute approximate surface area is 166 Å². The minimum Gasteiger partial charge on any atom is -0.496 e. The van der Waals surface area contributed by atoms with Crippen molar-refractivity contribution in [2.75, 3.05) is 26.0 Å². The van der Waals surface area contributed by atoms with Gasteiger partial charge in [0.05, 0.1) is 12.9 Å². The molecule has 3 rings (SSSR count). The number of methoxy groups -OCH3 is 1. The van der Waals surface area contributed by atoms with E-state index in [2.05, 4.69) is 11.8 Å². The summed E-state index contributed by atoms with van der Waals surface area (Å²) in [5, 5.41) is 0. The number of nitrogens with zero attached hydrogens (tertiary/aromatic N) is 1. The Morgan fingerprint density at radius 1 is 1.21 bits per heavy atom. The lowest BCUT2D eigenvalue weighted by Gasteiger charge is -2.51. The first-order chi connectivity index (χ1) is 13.2. The van der Waals surface area contributed by atoms with Crippen LogP contribution in [0, 0.1) is 24.2 Å². The molecule has 7 heteroatoms. The Bertz CT molecular complexity index is 974. The van der Waals surface area contributed by atoms with Gasteiger partial charge in [0.25, 0.3) is 0 Å². The molecule has 0 unspecified atom stereocenters. The molecule has 0 atom stereocenters. The highest BCUT2D eigenvalue weighted by molar-refractivity contribution is 7.89. The summed E-state index contributed by atoms with van der Waals surface area (Å²) in [5.41, 5.74) is 1.61. The van der Waals surface area contributed by atoms with Gasteiger partial charge in [0, 0.05) is 42.5 Å². The number of hydrogen-bond acceptors (Lipinski definition) is 5. The molecule has 0 bridgehead atoms. The summed E-state index contributed by atoms with van der Waals surface area (Å²) in [6.07, 6.45) is 0.413. The van der Waals surface area contributed by atoms with E-state index in [1.54, 1.807) is 19.9 Å². The molecule has 0 radical (unpaired) electrons. The molecule has 1 aliphatic heterocycles. The predicted octanol–water partition coefficient (Wildman–Crippen LogP) is 2.04. The van der Waals surface area contributed by atoms with Crippen molar-refractivity contribution in [3.8, 4) is 17.6 Å². The average molecular weight is 404 g/mol. The van der Waals surface area contributed by atoms with Gasteiger partial charge in [-0.05, 0) is 38.5 Å². The number of ether oxygens (including phenoxy) is 1. The summed E-state index contributed by atoms with van der Waals surface area (Å²) in [4.78, 5) is 26.0. The lowest BCUT2D eigenvalue weighted by atomic mass is 9.64. The fourth-order valence-corrected chi connectivity index (χ4v) is 5.64. The average Bonchev–Trinajstić information content (AvgIpc) is 2.60. The van der Waals surface area contributed by atoms with Gasteiger partial charge in [-0.15, -0.1) is 5.92 Å². The molecule has 150 valence electrons. The zero-order valence-electron chi connectivity index (χ0n) is 16.7. The Kier molecular flexibility index (Phi) is 5.39. The van der Waals surface area contributed by atoms with E-state index in [0.717, 1.165) is 11.1 Å².